The summed E-state index contributed by atoms with van der Waals surface area (Å²) in [6, 6.07) is 19.8. The first kappa shape index (κ1) is 25.7. The average molecular weight is 530 g/mol. The summed E-state index contributed by atoms with van der Waals surface area (Å²) in [6.07, 6.45) is 2.29. The first-order valence-corrected chi connectivity index (χ1v) is 13.6. The topological polar surface area (TPSA) is 89.5 Å². The van der Waals surface area contributed by atoms with Crippen molar-refractivity contribution in [3.63, 3.8) is 0 Å². The highest BCUT2D eigenvalue weighted by Crippen LogP contribution is 2.33. The van der Waals surface area contributed by atoms with Crippen molar-refractivity contribution >= 4 is 23.1 Å². The highest BCUT2D eigenvalue weighted by molar-refractivity contribution is 7.13. The standard InChI is InChI=1S/C29H31N5O3S/c1-36-25-10-8-22(18-26(25)37-2)29-31-23(19-38-29)12-15-30-28(35)21-13-16-34(17-14-21)27-11-9-24(32-33-27)20-6-4-3-5-7-20/h3-11,18-19,21H,12-17H2,1-2H3,(H,30,35). The van der Waals surface area contributed by atoms with Gasteiger partial charge in [-0.15, -0.1) is 21.5 Å². The van der Waals surface area contributed by atoms with Crippen LogP contribution in [0.1, 0.15) is 18.5 Å². The number of thiazole rings is 1. The Labute approximate surface area is 226 Å². The molecule has 1 saturated heterocycles. The van der Waals surface area contributed by atoms with E-state index in [2.05, 4.69) is 20.4 Å². The smallest absolute Gasteiger partial charge is 0.223 e. The summed E-state index contributed by atoms with van der Waals surface area (Å²) >= 11 is 1.58. The average Bonchev–Trinajstić information content (AvgIpc) is 3.46. The van der Waals surface area contributed by atoms with Crippen molar-refractivity contribution in [1.29, 1.82) is 0 Å². The van der Waals surface area contributed by atoms with Crippen LogP contribution in [0.4, 0.5) is 5.82 Å². The van der Waals surface area contributed by atoms with E-state index in [-0.39, 0.29) is 11.8 Å². The number of hydrogen-bond acceptors (Lipinski definition) is 8. The molecule has 9 heteroatoms. The lowest BCUT2D eigenvalue weighted by Crippen LogP contribution is -2.41. The molecule has 0 saturated carbocycles. The Morgan fingerprint density at radius 2 is 1.76 bits per heavy atom. The van der Waals surface area contributed by atoms with Crippen molar-refractivity contribution in [3.8, 4) is 33.3 Å². The molecule has 0 unspecified atom stereocenters. The highest BCUT2D eigenvalue weighted by Gasteiger charge is 2.25. The zero-order chi connectivity index (χ0) is 26.3. The van der Waals surface area contributed by atoms with E-state index in [9.17, 15) is 4.79 Å². The minimum absolute atomic E-state index is 0.0144. The largest absolute Gasteiger partial charge is 0.493 e. The van der Waals surface area contributed by atoms with Gasteiger partial charge in [0.15, 0.2) is 17.3 Å². The summed E-state index contributed by atoms with van der Waals surface area (Å²) in [7, 11) is 3.24. The minimum atomic E-state index is 0.0144. The molecular formula is C29H31N5O3S. The molecule has 3 heterocycles. The van der Waals surface area contributed by atoms with Crippen LogP contribution >= 0.6 is 11.3 Å². The number of carbonyl (C=O) groups is 1. The van der Waals surface area contributed by atoms with Gasteiger partial charge in [-0.1, -0.05) is 30.3 Å². The van der Waals surface area contributed by atoms with Gasteiger partial charge in [-0.05, 0) is 43.2 Å². The second-order valence-electron chi connectivity index (χ2n) is 9.16. The Hall–Kier alpha value is -3.98. The quantitative estimate of drug-likeness (QED) is 0.331. The van der Waals surface area contributed by atoms with Crippen molar-refractivity contribution in [2.45, 2.75) is 19.3 Å². The molecule has 8 nitrogen and oxygen atoms in total. The number of nitrogens with one attached hydrogen (secondary N) is 1. The van der Waals surface area contributed by atoms with Gasteiger partial charge in [0.1, 0.15) is 5.01 Å². The fourth-order valence-corrected chi connectivity index (χ4v) is 5.46. The lowest BCUT2D eigenvalue weighted by atomic mass is 9.96. The van der Waals surface area contributed by atoms with Gasteiger partial charge in [0.05, 0.1) is 25.6 Å². The minimum Gasteiger partial charge on any atom is -0.493 e. The van der Waals surface area contributed by atoms with Crippen molar-refractivity contribution in [1.82, 2.24) is 20.5 Å². The molecule has 2 aromatic carbocycles. The van der Waals surface area contributed by atoms with Crippen molar-refractivity contribution < 1.29 is 14.3 Å². The number of hydrogen-bond donors (Lipinski definition) is 1. The van der Waals surface area contributed by atoms with Crippen LogP contribution in [-0.2, 0) is 11.2 Å². The molecule has 4 aromatic rings. The van der Waals surface area contributed by atoms with Gasteiger partial charge in [0.25, 0.3) is 0 Å². The monoisotopic (exact) mass is 529 g/mol. The molecule has 0 radical (unpaired) electrons. The van der Waals surface area contributed by atoms with Gasteiger partial charge < -0.3 is 19.7 Å². The maximum absolute atomic E-state index is 12.8. The van der Waals surface area contributed by atoms with Gasteiger partial charge >= 0.3 is 0 Å². The molecule has 0 spiro atoms. The molecule has 0 atom stereocenters. The maximum atomic E-state index is 12.8. The Balaban J connectivity index is 1.08. The normalized spacial score (nSPS) is 13.8. The molecule has 196 valence electrons. The second kappa shape index (κ2) is 12.0. The van der Waals surface area contributed by atoms with Gasteiger partial charge in [-0.3, -0.25) is 4.79 Å². The van der Waals surface area contributed by atoms with Crippen LogP contribution in [0.3, 0.4) is 0 Å². The Kier molecular flexibility index (Phi) is 8.13. The predicted octanol–water partition coefficient (Wildman–Crippen LogP) is 4.86. The molecule has 1 amide bonds. The van der Waals surface area contributed by atoms with Crippen molar-refractivity contribution in [3.05, 3.63) is 71.7 Å². The molecule has 1 fully saturated rings. The van der Waals surface area contributed by atoms with E-state index in [0.717, 1.165) is 59.3 Å². The number of anilines is 1. The number of carbonyl (C=O) groups excluding carboxylic acids is 1. The van der Waals surface area contributed by atoms with Crippen molar-refractivity contribution in [2.75, 3.05) is 38.8 Å². The van der Waals surface area contributed by atoms with Crippen LogP contribution in [0.25, 0.3) is 21.8 Å². The first-order chi connectivity index (χ1) is 18.6. The fourth-order valence-electron chi connectivity index (χ4n) is 4.61. The Morgan fingerprint density at radius 3 is 2.47 bits per heavy atom. The zero-order valence-electron chi connectivity index (χ0n) is 21.6. The molecular weight excluding hydrogens is 498 g/mol. The Morgan fingerprint density at radius 1 is 0.974 bits per heavy atom. The zero-order valence-corrected chi connectivity index (χ0v) is 22.4. The number of ether oxygens (including phenoxy) is 2. The maximum Gasteiger partial charge on any atom is 0.223 e. The lowest BCUT2D eigenvalue weighted by molar-refractivity contribution is -0.125. The second-order valence-corrected chi connectivity index (χ2v) is 10.0. The molecule has 1 N–H and O–H groups in total. The molecule has 5 rings (SSSR count). The summed E-state index contributed by atoms with van der Waals surface area (Å²) in [5, 5.41) is 14.9. The van der Waals surface area contributed by atoms with E-state index in [1.165, 1.54) is 0 Å². The van der Waals surface area contributed by atoms with Gasteiger partial charge in [-0.25, -0.2) is 4.98 Å². The highest BCUT2D eigenvalue weighted by atomic mass is 32.1. The molecule has 38 heavy (non-hydrogen) atoms. The van der Waals surface area contributed by atoms with E-state index in [1.807, 2.05) is 66.0 Å². The SMILES string of the molecule is COc1ccc(-c2nc(CCNC(=O)C3CCN(c4ccc(-c5ccccc5)nn4)CC3)cs2)cc1OC. The molecule has 0 aliphatic carbocycles. The fraction of sp³-hybridized carbons (Fsp3) is 0.310. The predicted molar refractivity (Wildman–Crippen MR) is 150 cm³/mol. The number of rotatable bonds is 9. The van der Waals surface area contributed by atoms with Crippen LogP contribution in [0.15, 0.2) is 66.0 Å². The Bertz CT molecular complexity index is 1350. The molecule has 1 aliphatic heterocycles. The summed E-state index contributed by atoms with van der Waals surface area (Å²) in [5.74, 6) is 2.36. The van der Waals surface area contributed by atoms with Gasteiger partial charge in [0.2, 0.25) is 5.91 Å². The van der Waals surface area contributed by atoms with E-state index in [0.29, 0.717) is 24.5 Å². The number of aromatic nitrogens is 3. The first-order valence-electron chi connectivity index (χ1n) is 12.7. The third-order valence-corrected chi connectivity index (χ3v) is 7.71. The van der Waals surface area contributed by atoms with E-state index < -0.39 is 0 Å². The third kappa shape index (κ3) is 5.94. The molecule has 0 bridgehead atoms. The van der Waals surface area contributed by atoms with Crippen LogP contribution < -0.4 is 19.7 Å². The van der Waals surface area contributed by atoms with E-state index in [4.69, 9.17) is 14.5 Å². The summed E-state index contributed by atoms with van der Waals surface area (Å²) in [5.41, 5.74) is 3.86. The van der Waals surface area contributed by atoms with Crippen LogP contribution in [-0.4, -0.2) is 54.9 Å². The van der Waals surface area contributed by atoms with Gasteiger partial charge in [0, 0.05) is 48.5 Å². The van der Waals surface area contributed by atoms with Crippen LogP contribution in [0, 0.1) is 5.92 Å². The number of amides is 1. The van der Waals surface area contributed by atoms with Crippen LogP contribution in [0.5, 0.6) is 11.5 Å². The number of piperidine rings is 1. The lowest BCUT2D eigenvalue weighted by Gasteiger charge is -2.31. The number of methoxy groups -OCH3 is 2. The third-order valence-electron chi connectivity index (χ3n) is 6.77. The summed E-state index contributed by atoms with van der Waals surface area (Å²) < 4.78 is 10.7. The van der Waals surface area contributed by atoms with Crippen LogP contribution in [0.2, 0.25) is 0 Å². The van der Waals surface area contributed by atoms with Crippen molar-refractivity contribution in [2.24, 2.45) is 5.92 Å². The van der Waals surface area contributed by atoms with E-state index >= 15 is 0 Å². The number of nitrogens with zero attached hydrogens (tertiary/aromatic N) is 4. The van der Waals surface area contributed by atoms with E-state index in [1.54, 1.807) is 25.6 Å². The molecule has 1 aliphatic rings. The number of benzene rings is 2. The summed E-state index contributed by atoms with van der Waals surface area (Å²) in [4.78, 5) is 19.7. The van der Waals surface area contributed by atoms with Gasteiger partial charge in [-0.2, -0.15) is 0 Å². The summed E-state index contributed by atoms with van der Waals surface area (Å²) in [6.45, 7) is 2.15. The molecule has 2 aromatic heterocycles.